The minimum absolute atomic E-state index is 0.267. The van der Waals surface area contributed by atoms with Gasteiger partial charge < -0.3 is 4.52 Å². The van der Waals surface area contributed by atoms with Crippen molar-refractivity contribution >= 4 is 27.7 Å². The molecule has 5 nitrogen and oxygen atoms in total. The third kappa shape index (κ3) is 2.71. The minimum Gasteiger partial charge on any atom is -0.339 e. The largest absolute Gasteiger partial charge is 0.339 e. The monoisotopic (exact) mass is 316 g/mol. The summed E-state index contributed by atoms with van der Waals surface area (Å²) in [5, 5.41) is 8.17. The molecule has 1 unspecified atom stereocenters. The van der Waals surface area contributed by atoms with E-state index in [-0.39, 0.29) is 5.92 Å². The average molecular weight is 317 g/mol. The molecule has 92 valence electrons. The summed E-state index contributed by atoms with van der Waals surface area (Å²) in [5.74, 6) is 2.49. The Kier molecular flexibility index (Phi) is 3.88. The maximum absolute atomic E-state index is 5.27. The Morgan fingerprint density at radius 1 is 1.59 bits per heavy atom. The zero-order chi connectivity index (χ0) is 12.4. The summed E-state index contributed by atoms with van der Waals surface area (Å²) in [4.78, 5) is 4.40. The van der Waals surface area contributed by atoms with Crippen LogP contribution in [-0.4, -0.2) is 31.9 Å². The molecule has 0 aliphatic heterocycles. The van der Waals surface area contributed by atoms with Gasteiger partial charge >= 0.3 is 0 Å². The van der Waals surface area contributed by atoms with E-state index in [1.165, 1.54) is 0 Å². The molecule has 0 N–H and O–H groups in total. The second-order valence-electron chi connectivity index (χ2n) is 3.79. The first-order valence-corrected chi connectivity index (χ1v) is 7.33. The summed E-state index contributed by atoms with van der Waals surface area (Å²) in [5.41, 5.74) is 0.836. The fourth-order valence-electron chi connectivity index (χ4n) is 1.50. The van der Waals surface area contributed by atoms with Gasteiger partial charge in [-0.3, -0.25) is 4.68 Å². The summed E-state index contributed by atoms with van der Waals surface area (Å²) in [6.45, 7) is 2.08. The lowest BCUT2D eigenvalue weighted by atomic mass is 10.2. The average Bonchev–Trinajstić information content (AvgIpc) is 2.85. The Bertz CT molecular complexity index is 510. The van der Waals surface area contributed by atoms with E-state index >= 15 is 0 Å². The van der Waals surface area contributed by atoms with Crippen molar-refractivity contribution in [1.82, 2.24) is 19.9 Å². The lowest BCUT2D eigenvalue weighted by molar-refractivity contribution is 0.366. The van der Waals surface area contributed by atoms with Gasteiger partial charge in [0.1, 0.15) is 10.3 Å². The number of aryl methyl sites for hydroxylation is 1. The van der Waals surface area contributed by atoms with E-state index in [0.29, 0.717) is 11.7 Å². The lowest BCUT2D eigenvalue weighted by Crippen LogP contribution is -1.98. The van der Waals surface area contributed by atoms with E-state index in [1.807, 2.05) is 13.1 Å². The van der Waals surface area contributed by atoms with Gasteiger partial charge in [0.15, 0.2) is 0 Å². The number of halogens is 1. The van der Waals surface area contributed by atoms with Crippen LogP contribution in [0.15, 0.2) is 15.2 Å². The molecule has 0 saturated heterocycles. The maximum atomic E-state index is 5.27. The van der Waals surface area contributed by atoms with E-state index in [1.54, 1.807) is 16.4 Å². The van der Waals surface area contributed by atoms with Crippen LogP contribution in [0.3, 0.4) is 0 Å². The summed E-state index contributed by atoms with van der Waals surface area (Å²) in [7, 11) is 1.85. The first kappa shape index (κ1) is 12.6. The van der Waals surface area contributed by atoms with E-state index in [9.17, 15) is 0 Å². The number of hydrogen-bond donors (Lipinski definition) is 0. The maximum Gasteiger partial charge on any atom is 0.230 e. The molecule has 0 bridgehead atoms. The fourth-order valence-corrected chi connectivity index (χ4v) is 2.60. The van der Waals surface area contributed by atoms with Crippen LogP contribution < -0.4 is 0 Å². The topological polar surface area (TPSA) is 56.7 Å². The summed E-state index contributed by atoms with van der Waals surface area (Å²) in [6.07, 6.45) is 2.06. The second kappa shape index (κ2) is 5.22. The van der Waals surface area contributed by atoms with Crippen LogP contribution in [0, 0.1) is 0 Å². The van der Waals surface area contributed by atoms with Crippen LogP contribution in [0.2, 0.25) is 0 Å². The van der Waals surface area contributed by atoms with Crippen LogP contribution >= 0.6 is 27.7 Å². The normalized spacial score (nSPS) is 12.9. The van der Waals surface area contributed by atoms with Crippen molar-refractivity contribution < 1.29 is 4.52 Å². The molecular formula is C10H13BrN4OS. The minimum atomic E-state index is 0.267. The molecule has 2 heterocycles. The molecular weight excluding hydrogens is 304 g/mol. The highest BCUT2D eigenvalue weighted by Crippen LogP contribution is 2.23. The van der Waals surface area contributed by atoms with Crippen molar-refractivity contribution in [2.45, 2.75) is 12.8 Å². The Balaban J connectivity index is 2.26. The second-order valence-corrected chi connectivity index (χ2v) is 5.51. The third-order valence-electron chi connectivity index (χ3n) is 2.36. The molecule has 0 radical (unpaired) electrons. The Morgan fingerprint density at radius 3 is 2.94 bits per heavy atom. The molecule has 0 saturated carbocycles. The van der Waals surface area contributed by atoms with E-state index in [0.717, 1.165) is 16.0 Å². The van der Waals surface area contributed by atoms with Gasteiger partial charge in [0.2, 0.25) is 11.7 Å². The highest BCUT2D eigenvalue weighted by Gasteiger charge is 2.17. The van der Waals surface area contributed by atoms with Gasteiger partial charge in [-0.25, -0.2) is 0 Å². The molecule has 0 aliphatic rings. The zero-order valence-electron chi connectivity index (χ0n) is 9.85. The standard InChI is InChI=1S/C10H13BrN4OS/c1-6(5-17-3)10-12-9(14-16-10)7-4-8(11)13-15(7)2/h4,6H,5H2,1-3H3. The molecule has 2 rings (SSSR count). The number of aromatic nitrogens is 4. The van der Waals surface area contributed by atoms with Crippen molar-refractivity contribution in [2.75, 3.05) is 12.0 Å². The smallest absolute Gasteiger partial charge is 0.230 e. The molecule has 0 fully saturated rings. The van der Waals surface area contributed by atoms with Crippen molar-refractivity contribution in [2.24, 2.45) is 7.05 Å². The molecule has 0 spiro atoms. The molecule has 0 amide bonds. The van der Waals surface area contributed by atoms with Crippen molar-refractivity contribution in [3.63, 3.8) is 0 Å². The predicted molar refractivity (Wildman–Crippen MR) is 71.0 cm³/mol. The molecule has 7 heteroatoms. The highest BCUT2D eigenvalue weighted by molar-refractivity contribution is 9.10. The quantitative estimate of drug-likeness (QED) is 0.868. The first-order valence-electron chi connectivity index (χ1n) is 5.14. The molecule has 2 aromatic heterocycles. The number of hydrogen-bond acceptors (Lipinski definition) is 5. The lowest BCUT2D eigenvalue weighted by Gasteiger charge is -2.01. The number of rotatable bonds is 4. The van der Waals surface area contributed by atoms with Gasteiger partial charge in [0.25, 0.3) is 0 Å². The Labute approximate surface area is 112 Å². The Hall–Kier alpha value is -0.820. The van der Waals surface area contributed by atoms with Gasteiger partial charge in [-0.2, -0.15) is 21.8 Å². The van der Waals surface area contributed by atoms with Crippen molar-refractivity contribution in [1.29, 1.82) is 0 Å². The van der Waals surface area contributed by atoms with Crippen LogP contribution in [-0.2, 0) is 7.05 Å². The predicted octanol–water partition coefficient (Wildman–Crippen LogP) is 2.70. The Morgan fingerprint density at radius 2 is 2.35 bits per heavy atom. The van der Waals surface area contributed by atoms with Crippen molar-refractivity contribution in [3.05, 3.63) is 16.6 Å². The van der Waals surface area contributed by atoms with E-state index in [2.05, 4.69) is 44.3 Å². The molecule has 2 aromatic rings. The highest BCUT2D eigenvalue weighted by atomic mass is 79.9. The van der Waals surface area contributed by atoms with Crippen LogP contribution in [0.1, 0.15) is 18.7 Å². The zero-order valence-corrected chi connectivity index (χ0v) is 12.2. The van der Waals surface area contributed by atoms with E-state index < -0.39 is 0 Å². The van der Waals surface area contributed by atoms with Gasteiger partial charge in [-0.05, 0) is 22.2 Å². The van der Waals surface area contributed by atoms with Crippen molar-refractivity contribution in [3.8, 4) is 11.5 Å². The molecule has 0 aliphatic carbocycles. The van der Waals surface area contributed by atoms with E-state index in [4.69, 9.17) is 4.52 Å². The van der Waals surface area contributed by atoms with Crippen LogP contribution in [0.4, 0.5) is 0 Å². The number of nitrogens with zero attached hydrogens (tertiary/aromatic N) is 4. The van der Waals surface area contributed by atoms with Gasteiger partial charge in [-0.1, -0.05) is 12.1 Å². The summed E-state index contributed by atoms with van der Waals surface area (Å²) < 4.78 is 7.75. The summed E-state index contributed by atoms with van der Waals surface area (Å²) >= 11 is 5.08. The van der Waals surface area contributed by atoms with Crippen LogP contribution in [0.5, 0.6) is 0 Å². The third-order valence-corrected chi connectivity index (χ3v) is 3.58. The van der Waals surface area contributed by atoms with Crippen LogP contribution in [0.25, 0.3) is 11.5 Å². The SMILES string of the molecule is CSCC(C)c1nc(-c2cc(Br)nn2C)no1. The molecule has 17 heavy (non-hydrogen) atoms. The fraction of sp³-hybridized carbons (Fsp3) is 0.500. The number of thioether (sulfide) groups is 1. The molecule has 0 aromatic carbocycles. The van der Waals surface area contributed by atoms with Gasteiger partial charge in [0, 0.05) is 24.8 Å². The first-order chi connectivity index (χ1) is 8.11. The van der Waals surface area contributed by atoms with Gasteiger partial charge in [-0.15, -0.1) is 0 Å². The van der Waals surface area contributed by atoms with Gasteiger partial charge in [0.05, 0.1) is 0 Å². The molecule has 1 atom stereocenters. The summed E-state index contributed by atoms with van der Waals surface area (Å²) in [6, 6.07) is 1.87.